The van der Waals surface area contributed by atoms with Crippen molar-refractivity contribution < 1.29 is 19.2 Å². The number of amides is 1. The zero-order valence-electron chi connectivity index (χ0n) is 14.7. The summed E-state index contributed by atoms with van der Waals surface area (Å²) in [5.74, 6) is -0.805. The number of nitrogens with one attached hydrogen (secondary N) is 1. The van der Waals surface area contributed by atoms with Crippen LogP contribution in [0, 0.1) is 10.1 Å². The first kappa shape index (κ1) is 18.8. The van der Waals surface area contributed by atoms with Gasteiger partial charge in [-0.15, -0.1) is 0 Å². The number of nitro benzene ring substituents is 1. The monoisotopic (exact) mass is 388 g/mol. The van der Waals surface area contributed by atoms with E-state index in [0.717, 1.165) is 17.2 Å². The average molecular weight is 389 g/mol. The highest BCUT2D eigenvalue weighted by Crippen LogP contribution is 2.29. The van der Waals surface area contributed by atoms with Crippen LogP contribution in [0.3, 0.4) is 0 Å². The lowest BCUT2D eigenvalue weighted by atomic mass is 9.92. The predicted octanol–water partition coefficient (Wildman–Crippen LogP) is 4.09. The summed E-state index contributed by atoms with van der Waals surface area (Å²) in [6, 6.07) is 9.23. The third-order valence-electron chi connectivity index (χ3n) is 4.38. The van der Waals surface area contributed by atoms with E-state index >= 15 is 0 Å². The van der Waals surface area contributed by atoms with Crippen molar-refractivity contribution in [3.63, 3.8) is 0 Å². The maximum Gasteiger partial charge on any atom is 0.339 e. The highest BCUT2D eigenvalue weighted by atomic mass is 35.5. The van der Waals surface area contributed by atoms with Crippen molar-refractivity contribution in [3.8, 4) is 0 Å². The third-order valence-corrected chi connectivity index (χ3v) is 4.70. The summed E-state index contributed by atoms with van der Waals surface area (Å²) in [4.78, 5) is 34.9. The van der Waals surface area contributed by atoms with Crippen molar-refractivity contribution in [2.24, 2.45) is 0 Å². The molecule has 0 radical (unpaired) electrons. The Morgan fingerprint density at radius 2 is 2.04 bits per heavy atom. The van der Waals surface area contributed by atoms with Gasteiger partial charge >= 0.3 is 5.97 Å². The van der Waals surface area contributed by atoms with E-state index in [0.29, 0.717) is 11.5 Å². The molecule has 1 heterocycles. The number of esters is 1. The van der Waals surface area contributed by atoms with Gasteiger partial charge in [-0.05, 0) is 29.2 Å². The number of hydrogen-bond acceptors (Lipinski definition) is 5. The Morgan fingerprint density at radius 1 is 1.30 bits per heavy atom. The highest BCUT2D eigenvalue weighted by Gasteiger charge is 2.32. The van der Waals surface area contributed by atoms with Crippen molar-refractivity contribution in [1.29, 1.82) is 0 Å². The molecule has 1 unspecified atom stereocenters. The number of non-ortho nitro benzene ring substituents is 1. The Kier molecular flexibility index (Phi) is 5.14. The minimum Gasteiger partial charge on any atom is -0.448 e. The number of benzene rings is 2. The minimum absolute atomic E-state index is 0.0298. The van der Waals surface area contributed by atoms with Crippen LogP contribution in [0.2, 0.25) is 5.02 Å². The zero-order chi connectivity index (χ0) is 19.7. The molecule has 0 saturated heterocycles. The van der Waals surface area contributed by atoms with Crippen LogP contribution in [-0.4, -0.2) is 22.9 Å². The lowest BCUT2D eigenvalue weighted by Gasteiger charge is -2.25. The molecule has 2 aromatic carbocycles. The van der Waals surface area contributed by atoms with Gasteiger partial charge in [-0.25, -0.2) is 4.79 Å². The minimum atomic E-state index is -1.00. The Balaban J connectivity index is 1.79. The molecule has 1 amide bonds. The molecular formula is C19H17ClN2O5. The summed E-state index contributed by atoms with van der Waals surface area (Å²) in [6.45, 7) is 4.09. The first-order valence-electron chi connectivity index (χ1n) is 8.35. The van der Waals surface area contributed by atoms with Crippen LogP contribution in [0.25, 0.3) is 0 Å². The first-order chi connectivity index (χ1) is 12.8. The van der Waals surface area contributed by atoms with Gasteiger partial charge in [-0.1, -0.05) is 37.6 Å². The molecule has 1 atom stereocenters. The average Bonchev–Trinajstić information content (AvgIpc) is 2.62. The number of nitrogens with zero attached hydrogens (tertiary/aromatic N) is 1. The zero-order valence-corrected chi connectivity index (χ0v) is 15.4. The van der Waals surface area contributed by atoms with Crippen LogP contribution in [0.5, 0.6) is 0 Å². The largest absolute Gasteiger partial charge is 0.448 e. The number of carbonyl (C=O) groups is 2. The molecule has 0 bridgehead atoms. The number of cyclic esters (lactones) is 1. The van der Waals surface area contributed by atoms with Crippen LogP contribution in [0.1, 0.15) is 41.3 Å². The van der Waals surface area contributed by atoms with E-state index in [2.05, 4.69) is 5.32 Å². The Bertz CT molecular complexity index is 942. The standard InChI is InChI=1S/C19H17ClN2O5/c1-10(2)11-3-5-14-12(7-11)8-17(27-19(14)24)18(23)21-16-6-4-13(22(25)26)9-15(16)20/h3-7,9-10,17H,8H2,1-2H3,(H,21,23). The first-order valence-corrected chi connectivity index (χ1v) is 8.72. The summed E-state index contributed by atoms with van der Waals surface area (Å²) >= 11 is 5.99. The number of ether oxygens (including phenoxy) is 1. The molecule has 0 fully saturated rings. The molecule has 0 spiro atoms. The van der Waals surface area contributed by atoms with Gasteiger partial charge < -0.3 is 10.1 Å². The van der Waals surface area contributed by atoms with Crippen molar-refractivity contribution in [2.45, 2.75) is 32.3 Å². The quantitative estimate of drug-likeness (QED) is 0.483. The number of nitro groups is 1. The van der Waals surface area contributed by atoms with Crippen LogP contribution in [0.15, 0.2) is 36.4 Å². The van der Waals surface area contributed by atoms with Crippen molar-refractivity contribution in [3.05, 3.63) is 68.2 Å². The van der Waals surface area contributed by atoms with Gasteiger partial charge in [0.25, 0.3) is 11.6 Å². The van der Waals surface area contributed by atoms with Gasteiger partial charge in [-0.2, -0.15) is 0 Å². The van der Waals surface area contributed by atoms with Crippen LogP contribution in [0.4, 0.5) is 11.4 Å². The van der Waals surface area contributed by atoms with Gasteiger partial charge in [-0.3, -0.25) is 14.9 Å². The second-order valence-corrected chi connectivity index (χ2v) is 6.99. The van der Waals surface area contributed by atoms with Crippen molar-refractivity contribution >= 4 is 34.9 Å². The fourth-order valence-corrected chi connectivity index (χ4v) is 3.08. The molecule has 0 aromatic heterocycles. The highest BCUT2D eigenvalue weighted by molar-refractivity contribution is 6.34. The molecule has 2 aromatic rings. The van der Waals surface area contributed by atoms with E-state index in [1.165, 1.54) is 12.1 Å². The second-order valence-electron chi connectivity index (χ2n) is 6.58. The van der Waals surface area contributed by atoms with Crippen LogP contribution < -0.4 is 5.32 Å². The maximum atomic E-state index is 12.5. The molecule has 0 saturated carbocycles. The number of carbonyl (C=O) groups excluding carboxylic acids is 2. The number of hydrogen-bond donors (Lipinski definition) is 1. The molecule has 140 valence electrons. The normalized spacial score (nSPS) is 15.9. The fourth-order valence-electron chi connectivity index (χ4n) is 2.85. The summed E-state index contributed by atoms with van der Waals surface area (Å²) in [6.07, 6.45) is -0.753. The lowest BCUT2D eigenvalue weighted by Crippen LogP contribution is -2.38. The lowest BCUT2D eigenvalue weighted by molar-refractivity contribution is -0.384. The Labute approximate surface area is 160 Å². The van der Waals surface area contributed by atoms with Crippen LogP contribution in [-0.2, 0) is 16.0 Å². The predicted molar refractivity (Wildman–Crippen MR) is 100 cm³/mol. The molecule has 1 aliphatic heterocycles. The number of halogens is 1. The van der Waals surface area contributed by atoms with Crippen molar-refractivity contribution in [1.82, 2.24) is 0 Å². The summed E-state index contributed by atoms with van der Waals surface area (Å²) in [5, 5.41) is 13.4. The number of anilines is 1. The maximum absolute atomic E-state index is 12.5. The molecule has 1 N–H and O–H groups in total. The smallest absolute Gasteiger partial charge is 0.339 e. The van der Waals surface area contributed by atoms with E-state index < -0.39 is 22.9 Å². The Morgan fingerprint density at radius 3 is 2.67 bits per heavy atom. The molecule has 0 aliphatic carbocycles. The topological polar surface area (TPSA) is 98.5 Å². The summed E-state index contributed by atoms with van der Waals surface area (Å²) in [5.41, 5.74) is 2.31. The van der Waals surface area contributed by atoms with Gasteiger partial charge in [0.15, 0.2) is 6.10 Å². The second kappa shape index (κ2) is 7.36. The van der Waals surface area contributed by atoms with E-state index in [1.54, 1.807) is 6.07 Å². The van der Waals surface area contributed by atoms with Gasteiger partial charge in [0, 0.05) is 18.6 Å². The summed E-state index contributed by atoms with van der Waals surface area (Å²) < 4.78 is 5.25. The SMILES string of the molecule is CC(C)c1ccc2c(c1)CC(C(=O)Nc1ccc([N+](=O)[O-])cc1Cl)OC2=O. The van der Waals surface area contributed by atoms with Gasteiger partial charge in [0.2, 0.25) is 0 Å². The van der Waals surface area contributed by atoms with Crippen LogP contribution >= 0.6 is 11.6 Å². The molecule has 7 nitrogen and oxygen atoms in total. The number of rotatable bonds is 4. The third kappa shape index (κ3) is 3.93. The number of fused-ring (bicyclic) bond motifs is 1. The molecule has 3 rings (SSSR count). The van der Waals surface area contributed by atoms with E-state index in [1.807, 2.05) is 26.0 Å². The molecule has 1 aliphatic rings. The van der Waals surface area contributed by atoms with Crippen molar-refractivity contribution in [2.75, 3.05) is 5.32 Å². The summed E-state index contributed by atoms with van der Waals surface area (Å²) in [7, 11) is 0. The molecule has 8 heteroatoms. The van der Waals surface area contributed by atoms with Gasteiger partial charge in [0.1, 0.15) is 0 Å². The van der Waals surface area contributed by atoms with Gasteiger partial charge in [0.05, 0.1) is 21.2 Å². The fraction of sp³-hybridized carbons (Fsp3) is 0.263. The van der Waals surface area contributed by atoms with E-state index in [4.69, 9.17) is 16.3 Å². The van der Waals surface area contributed by atoms with E-state index in [-0.39, 0.29) is 22.8 Å². The molecule has 27 heavy (non-hydrogen) atoms. The van der Waals surface area contributed by atoms with E-state index in [9.17, 15) is 19.7 Å². The molecular weight excluding hydrogens is 372 g/mol. The Hall–Kier alpha value is -2.93.